The normalized spacial score (nSPS) is 20.7. The van der Waals surface area contributed by atoms with E-state index in [1.165, 1.54) is 16.4 Å². The molecule has 0 bridgehead atoms. The van der Waals surface area contributed by atoms with Gasteiger partial charge in [0.2, 0.25) is 10.0 Å². The largest absolute Gasteiger partial charge is 0.484 e. The van der Waals surface area contributed by atoms with Gasteiger partial charge in [-0.1, -0.05) is 0 Å². The minimum atomic E-state index is -4.42. The van der Waals surface area contributed by atoms with E-state index in [-0.39, 0.29) is 44.9 Å². The summed E-state index contributed by atoms with van der Waals surface area (Å²) in [4.78, 5) is 13.7. The summed E-state index contributed by atoms with van der Waals surface area (Å²) in [7, 11) is -4.08. The standard InChI is InChI=1S/C18H23F3N2O6S/c19-18(20,21)13-29-15-3-1-14(2-4-15)22-7-9-23(10-8-22)30(26,27)17(16(24)25)5-11-28-12-6-17/h1-4H,5-13H2,(H,24,25). The summed E-state index contributed by atoms with van der Waals surface area (Å²) in [5, 5.41) is 9.65. The Morgan fingerprint density at radius 3 is 2.17 bits per heavy atom. The number of nitrogens with zero attached hydrogens (tertiary/aromatic N) is 2. The van der Waals surface area contributed by atoms with Crippen molar-refractivity contribution < 1.29 is 41.0 Å². The number of carboxylic acids is 1. The number of carboxylic acid groups (broad SMARTS) is 1. The monoisotopic (exact) mass is 452 g/mol. The number of anilines is 1. The molecule has 2 aliphatic heterocycles. The van der Waals surface area contributed by atoms with Gasteiger partial charge in [-0.25, -0.2) is 8.42 Å². The summed E-state index contributed by atoms with van der Waals surface area (Å²) in [5.41, 5.74) is 0.713. The van der Waals surface area contributed by atoms with Gasteiger partial charge in [-0.2, -0.15) is 17.5 Å². The molecule has 0 unspecified atom stereocenters. The smallest absolute Gasteiger partial charge is 0.422 e. The molecule has 1 aromatic carbocycles. The van der Waals surface area contributed by atoms with Crippen LogP contribution < -0.4 is 9.64 Å². The van der Waals surface area contributed by atoms with E-state index in [9.17, 15) is 31.5 Å². The van der Waals surface area contributed by atoms with E-state index in [0.29, 0.717) is 18.8 Å². The number of aliphatic carboxylic acids is 1. The zero-order valence-electron chi connectivity index (χ0n) is 16.1. The van der Waals surface area contributed by atoms with Gasteiger partial charge in [0.15, 0.2) is 11.4 Å². The van der Waals surface area contributed by atoms with Crippen LogP contribution in [0.4, 0.5) is 18.9 Å². The van der Waals surface area contributed by atoms with Crippen molar-refractivity contribution >= 4 is 21.7 Å². The lowest BCUT2D eigenvalue weighted by molar-refractivity contribution is -0.153. The minimum absolute atomic E-state index is 0.0776. The molecule has 1 N–H and O–H groups in total. The third-order valence-corrected chi connectivity index (χ3v) is 7.98. The molecule has 3 rings (SSSR count). The maximum Gasteiger partial charge on any atom is 0.422 e. The van der Waals surface area contributed by atoms with Crippen molar-refractivity contribution in [3.05, 3.63) is 24.3 Å². The van der Waals surface area contributed by atoms with Gasteiger partial charge < -0.3 is 19.5 Å². The number of hydrogen-bond donors (Lipinski definition) is 1. The summed E-state index contributed by atoms with van der Waals surface area (Å²) in [5.74, 6) is -1.28. The van der Waals surface area contributed by atoms with E-state index < -0.39 is 33.5 Å². The van der Waals surface area contributed by atoms with Gasteiger partial charge in [0.25, 0.3) is 0 Å². The zero-order valence-corrected chi connectivity index (χ0v) is 16.9. The van der Waals surface area contributed by atoms with Gasteiger partial charge in [-0.3, -0.25) is 4.79 Å². The fraction of sp³-hybridized carbons (Fsp3) is 0.611. The minimum Gasteiger partial charge on any atom is -0.484 e. The summed E-state index contributed by atoms with van der Waals surface area (Å²) < 4.78 is 72.1. The second-order valence-electron chi connectivity index (χ2n) is 7.20. The molecule has 0 aliphatic carbocycles. The molecule has 1 aromatic rings. The van der Waals surface area contributed by atoms with Crippen LogP contribution in [-0.2, 0) is 19.6 Å². The van der Waals surface area contributed by atoms with Crippen molar-refractivity contribution in [3.63, 3.8) is 0 Å². The van der Waals surface area contributed by atoms with E-state index in [1.54, 1.807) is 12.1 Å². The van der Waals surface area contributed by atoms with Crippen molar-refractivity contribution in [1.29, 1.82) is 0 Å². The van der Waals surface area contributed by atoms with Crippen LogP contribution in [0.5, 0.6) is 5.75 Å². The Labute approximate surface area is 172 Å². The Morgan fingerprint density at radius 2 is 1.67 bits per heavy atom. The molecule has 0 radical (unpaired) electrons. The first kappa shape index (κ1) is 22.6. The van der Waals surface area contributed by atoms with Gasteiger partial charge in [-0.15, -0.1) is 0 Å². The number of sulfonamides is 1. The van der Waals surface area contributed by atoms with E-state index in [1.807, 2.05) is 4.90 Å². The van der Waals surface area contributed by atoms with E-state index in [0.717, 1.165) is 0 Å². The highest BCUT2D eigenvalue weighted by molar-refractivity contribution is 7.91. The van der Waals surface area contributed by atoms with Gasteiger partial charge in [-0.05, 0) is 24.3 Å². The van der Waals surface area contributed by atoms with Crippen LogP contribution in [0.3, 0.4) is 0 Å². The molecule has 0 atom stereocenters. The second kappa shape index (κ2) is 8.60. The SMILES string of the molecule is O=C(O)C1(S(=O)(=O)N2CCN(c3ccc(OCC(F)(F)F)cc3)CC2)CCOCC1. The predicted molar refractivity (Wildman–Crippen MR) is 101 cm³/mol. The van der Waals surface area contributed by atoms with E-state index >= 15 is 0 Å². The molecular formula is C18H23F3N2O6S. The molecule has 2 fully saturated rings. The summed E-state index contributed by atoms with van der Waals surface area (Å²) in [6.07, 6.45) is -4.60. The zero-order chi connectivity index (χ0) is 22.0. The first-order valence-electron chi connectivity index (χ1n) is 9.41. The first-order chi connectivity index (χ1) is 14.1. The lowest BCUT2D eigenvalue weighted by atomic mass is 9.99. The molecule has 168 valence electrons. The van der Waals surface area contributed by atoms with Gasteiger partial charge in [0, 0.05) is 57.9 Å². The number of halogens is 3. The second-order valence-corrected chi connectivity index (χ2v) is 9.45. The third kappa shape index (κ3) is 4.65. The molecule has 8 nitrogen and oxygen atoms in total. The van der Waals surface area contributed by atoms with Crippen molar-refractivity contribution in [2.75, 3.05) is 50.9 Å². The predicted octanol–water partition coefficient (Wildman–Crippen LogP) is 1.71. The molecule has 0 aromatic heterocycles. The Balaban J connectivity index is 1.63. The molecule has 30 heavy (non-hydrogen) atoms. The topological polar surface area (TPSA) is 96.4 Å². The first-order valence-corrected chi connectivity index (χ1v) is 10.8. The molecule has 2 saturated heterocycles. The van der Waals surface area contributed by atoms with Crippen molar-refractivity contribution in [1.82, 2.24) is 4.31 Å². The van der Waals surface area contributed by atoms with Crippen LogP contribution >= 0.6 is 0 Å². The van der Waals surface area contributed by atoms with Crippen LogP contribution in [0.1, 0.15) is 12.8 Å². The number of piperazine rings is 1. The highest BCUT2D eigenvalue weighted by atomic mass is 32.2. The van der Waals surface area contributed by atoms with Crippen LogP contribution in [0.15, 0.2) is 24.3 Å². The number of benzene rings is 1. The average Bonchev–Trinajstić information content (AvgIpc) is 2.72. The van der Waals surface area contributed by atoms with Crippen LogP contribution in [-0.4, -0.2) is 80.7 Å². The maximum absolute atomic E-state index is 13.1. The number of carbonyl (C=O) groups is 1. The molecule has 0 amide bonds. The maximum atomic E-state index is 13.1. The summed E-state index contributed by atoms with van der Waals surface area (Å²) in [6, 6.07) is 6.05. The molecule has 0 spiro atoms. The highest BCUT2D eigenvalue weighted by Crippen LogP contribution is 2.34. The molecule has 2 aliphatic rings. The van der Waals surface area contributed by atoms with Gasteiger partial charge in [0.1, 0.15) is 5.75 Å². The van der Waals surface area contributed by atoms with Crippen molar-refractivity contribution in [2.24, 2.45) is 0 Å². The van der Waals surface area contributed by atoms with Crippen molar-refractivity contribution in [3.8, 4) is 5.75 Å². The van der Waals surface area contributed by atoms with Gasteiger partial charge in [0.05, 0.1) is 0 Å². The number of ether oxygens (including phenoxy) is 2. The fourth-order valence-electron chi connectivity index (χ4n) is 3.64. The van der Waals surface area contributed by atoms with Crippen molar-refractivity contribution in [2.45, 2.75) is 23.8 Å². The Morgan fingerprint density at radius 1 is 1.10 bits per heavy atom. The molecule has 12 heteroatoms. The van der Waals surface area contributed by atoms with E-state index in [2.05, 4.69) is 4.74 Å². The highest BCUT2D eigenvalue weighted by Gasteiger charge is 2.54. The summed E-state index contributed by atoms with van der Waals surface area (Å²) in [6.45, 7) is -0.334. The Bertz CT molecular complexity index is 846. The van der Waals surface area contributed by atoms with Crippen LogP contribution in [0, 0.1) is 0 Å². The summed E-state index contributed by atoms with van der Waals surface area (Å²) >= 11 is 0. The molecule has 0 saturated carbocycles. The quantitative estimate of drug-likeness (QED) is 0.702. The van der Waals surface area contributed by atoms with Crippen LogP contribution in [0.2, 0.25) is 0 Å². The molecule has 2 heterocycles. The average molecular weight is 452 g/mol. The van der Waals surface area contributed by atoms with E-state index in [4.69, 9.17) is 4.74 Å². The Hall–Kier alpha value is -2.05. The number of alkyl halides is 3. The lowest BCUT2D eigenvalue weighted by Crippen LogP contribution is -2.59. The van der Waals surface area contributed by atoms with Crippen LogP contribution in [0.25, 0.3) is 0 Å². The third-order valence-electron chi connectivity index (χ3n) is 5.37. The molecular weight excluding hydrogens is 429 g/mol. The Kier molecular flexibility index (Phi) is 6.48. The number of hydrogen-bond acceptors (Lipinski definition) is 6. The fourth-order valence-corrected chi connectivity index (χ4v) is 5.68. The van der Waals surface area contributed by atoms with Gasteiger partial charge >= 0.3 is 12.1 Å². The number of rotatable bonds is 6. The lowest BCUT2D eigenvalue weighted by Gasteiger charge is -2.41.